The lowest BCUT2D eigenvalue weighted by molar-refractivity contribution is -0.545. The lowest BCUT2D eigenvalue weighted by Gasteiger charge is -2.40. The van der Waals surface area contributed by atoms with Crippen molar-refractivity contribution in [2.24, 2.45) is 0 Å². The zero-order chi connectivity index (χ0) is 13.1. The molecule has 2 aliphatic heterocycles. The first-order valence-corrected chi connectivity index (χ1v) is 6.43. The standard InChI is InChI=1S/C11H21N3O4/c1-18-10-6-8(7-12-11(10)14(16)17)13-4-2-9(15)3-5-13/h8-12,15H,2-7H2,1H3. The van der Waals surface area contributed by atoms with E-state index in [9.17, 15) is 15.2 Å². The number of aliphatic hydroxyl groups is 1. The van der Waals surface area contributed by atoms with Gasteiger partial charge in [-0.15, -0.1) is 0 Å². The number of hydrogen-bond acceptors (Lipinski definition) is 6. The van der Waals surface area contributed by atoms with Crippen LogP contribution in [0.25, 0.3) is 0 Å². The molecule has 0 saturated carbocycles. The van der Waals surface area contributed by atoms with Crippen molar-refractivity contribution in [2.45, 2.75) is 43.7 Å². The maximum absolute atomic E-state index is 10.9. The number of nitro groups is 1. The Balaban J connectivity index is 1.91. The van der Waals surface area contributed by atoms with Crippen LogP contribution in [0.2, 0.25) is 0 Å². The van der Waals surface area contributed by atoms with E-state index in [0.29, 0.717) is 13.0 Å². The molecule has 2 rings (SSSR count). The van der Waals surface area contributed by atoms with Crippen LogP contribution in [0.1, 0.15) is 19.3 Å². The van der Waals surface area contributed by atoms with Crippen molar-refractivity contribution in [1.29, 1.82) is 0 Å². The molecule has 0 aromatic carbocycles. The van der Waals surface area contributed by atoms with Gasteiger partial charge in [-0.1, -0.05) is 0 Å². The van der Waals surface area contributed by atoms with Gasteiger partial charge in [0, 0.05) is 37.7 Å². The zero-order valence-electron chi connectivity index (χ0n) is 10.6. The second-order valence-corrected chi connectivity index (χ2v) is 5.07. The minimum atomic E-state index is -0.804. The summed E-state index contributed by atoms with van der Waals surface area (Å²) < 4.78 is 5.23. The molecule has 0 aromatic rings. The van der Waals surface area contributed by atoms with Crippen molar-refractivity contribution < 1.29 is 14.8 Å². The van der Waals surface area contributed by atoms with Crippen LogP contribution < -0.4 is 5.32 Å². The second kappa shape index (κ2) is 5.92. The molecule has 2 heterocycles. The summed E-state index contributed by atoms with van der Waals surface area (Å²) in [5.41, 5.74) is 0. The molecule has 0 bridgehead atoms. The van der Waals surface area contributed by atoms with E-state index in [0.717, 1.165) is 25.9 Å². The van der Waals surface area contributed by atoms with Crippen LogP contribution in [0.4, 0.5) is 0 Å². The van der Waals surface area contributed by atoms with E-state index in [1.807, 2.05) is 0 Å². The predicted octanol–water partition coefficient (Wildman–Crippen LogP) is -0.577. The smallest absolute Gasteiger partial charge is 0.292 e. The molecular weight excluding hydrogens is 238 g/mol. The highest BCUT2D eigenvalue weighted by molar-refractivity contribution is 4.88. The van der Waals surface area contributed by atoms with Crippen LogP contribution in [0.15, 0.2) is 0 Å². The molecule has 0 amide bonds. The van der Waals surface area contributed by atoms with E-state index in [1.165, 1.54) is 7.11 Å². The predicted molar refractivity (Wildman–Crippen MR) is 64.8 cm³/mol. The highest BCUT2D eigenvalue weighted by Gasteiger charge is 2.40. The van der Waals surface area contributed by atoms with Crippen LogP contribution in [-0.2, 0) is 4.74 Å². The number of methoxy groups -OCH3 is 1. The summed E-state index contributed by atoms with van der Waals surface area (Å²) in [7, 11) is 1.52. The van der Waals surface area contributed by atoms with Gasteiger partial charge in [0.2, 0.25) is 0 Å². The molecule has 18 heavy (non-hydrogen) atoms. The summed E-state index contributed by atoms with van der Waals surface area (Å²) in [6, 6.07) is 0.263. The molecule has 7 heteroatoms. The van der Waals surface area contributed by atoms with Crippen molar-refractivity contribution >= 4 is 0 Å². The van der Waals surface area contributed by atoms with Gasteiger partial charge in [-0.05, 0) is 19.3 Å². The fourth-order valence-electron chi connectivity index (χ4n) is 2.83. The van der Waals surface area contributed by atoms with Gasteiger partial charge in [-0.2, -0.15) is 0 Å². The Morgan fingerprint density at radius 1 is 1.44 bits per heavy atom. The van der Waals surface area contributed by atoms with Gasteiger partial charge in [0.1, 0.15) is 6.10 Å². The maximum Gasteiger partial charge on any atom is 0.292 e. The SMILES string of the molecule is COC1CC(N2CCC(O)CC2)CNC1[N+](=O)[O-]. The molecule has 0 aromatic heterocycles. The molecule has 2 aliphatic rings. The van der Waals surface area contributed by atoms with Crippen molar-refractivity contribution in [2.75, 3.05) is 26.7 Å². The lowest BCUT2D eigenvalue weighted by atomic mass is 9.97. The maximum atomic E-state index is 10.9. The van der Waals surface area contributed by atoms with Gasteiger partial charge < -0.3 is 9.84 Å². The Morgan fingerprint density at radius 3 is 2.67 bits per heavy atom. The Labute approximate surface area is 106 Å². The van der Waals surface area contributed by atoms with Crippen molar-refractivity contribution in [1.82, 2.24) is 10.2 Å². The first kappa shape index (κ1) is 13.7. The molecule has 0 spiro atoms. The second-order valence-electron chi connectivity index (χ2n) is 5.07. The zero-order valence-corrected chi connectivity index (χ0v) is 10.6. The van der Waals surface area contributed by atoms with E-state index in [2.05, 4.69) is 10.2 Å². The van der Waals surface area contributed by atoms with Crippen molar-refractivity contribution in [3.63, 3.8) is 0 Å². The molecule has 3 unspecified atom stereocenters. The number of ether oxygens (including phenoxy) is 1. The third-order valence-corrected chi connectivity index (χ3v) is 3.96. The van der Waals surface area contributed by atoms with Crippen LogP contribution >= 0.6 is 0 Å². The number of nitrogens with zero attached hydrogens (tertiary/aromatic N) is 2. The van der Waals surface area contributed by atoms with E-state index >= 15 is 0 Å². The third kappa shape index (κ3) is 2.97. The number of piperidine rings is 2. The van der Waals surface area contributed by atoms with E-state index < -0.39 is 6.17 Å². The molecule has 104 valence electrons. The summed E-state index contributed by atoms with van der Waals surface area (Å²) in [6.45, 7) is 2.32. The van der Waals surface area contributed by atoms with Crippen LogP contribution in [-0.4, -0.2) is 66.1 Å². The summed E-state index contributed by atoms with van der Waals surface area (Å²) in [6.07, 6.45) is 0.861. The van der Waals surface area contributed by atoms with Gasteiger partial charge in [-0.25, -0.2) is 0 Å². The average Bonchev–Trinajstić information content (AvgIpc) is 2.38. The molecule has 3 atom stereocenters. The fourth-order valence-corrected chi connectivity index (χ4v) is 2.83. The largest absolute Gasteiger partial charge is 0.393 e. The van der Waals surface area contributed by atoms with E-state index in [1.54, 1.807) is 0 Å². The first-order valence-electron chi connectivity index (χ1n) is 6.43. The molecular formula is C11H21N3O4. The topological polar surface area (TPSA) is 87.9 Å². The highest BCUT2D eigenvalue weighted by Crippen LogP contribution is 2.21. The van der Waals surface area contributed by atoms with Gasteiger partial charge in [0.05, 0.1) is 6.10 Å². The van der Waals surface area contributed by atoms with E-state index in [4.69, 9.17) is 4.74 Å². The van der Waals surface area contributed by atoms with Crippen LogP contribution in [0.3, 0.4) is 0 Å². The Hall–Kier alpha value is -0.760. The number of likely N-dealkylation sites (tertiary alicyclic amines) is 1. The fraction of sp³-hybridized carbons (Fsp3) is 1.00. The third-order valence-electron chi connectivity index (χ3n) is 3.96. The highest BCUT2D eigenvalue weighted by atomic mass is 16.6. The van der Waals surface area contributed by atoms with Crippen LogP contribution in [0, 0.1) is 10.1 Å². The van der Waals surface area contributed by atoms with Gasteiger partial charge in [-0.3, -0.25) is 20.3 Å². The van der Waals surface area contributed by atoms with E-state index in [-0.39, 0.29) is 23.2 Å². The van der Waals surface area contributed by atoms with Crippen molar-refractivity contribution in [3.8, 4) is 0 Å². The quantitative estimate of drug-likeness (QED) is 0.521. The summed E-state index contributed by atoms with van der Waals surface area (Å²) in [4.78, 5) is 12.8. The number of hydrogen-bond donors (Lipinski definition) is 2. The number of nitrogens with one attached hydrogen (secondary N) is 1. The Bertz CT molecular complexity index is 294. The summed E-state index contributed by atoms with van der Waals surface area (Å²) in [5, 5.41) is 23.3. The van der Waals surface area contributed by atoms with Gasteiger partial charge >= 0.3 is 0 Å². The van der Waals surface area contributed by atoms with Gasteiger partial charge in [0.25, 0.3) is 6.17 Å². The van der Waals surface area contributed by atoms with Crippen molar-refractivity contribution in [3.05, 3.63) is 10.1 Å². The Kier molecular flexibility index (Phi) is 4.50. The summed E-state index contributed by atoms with van der Waals surface area (Å²) in [5.74, 6) is 0. The Morgan fingerprint density at radius 2 is 2.11 bits per heavy atom. The average molecular weight is 259 g/mol. The molecule has 7 nitrogen and oxygen atoms in total. The minimum Gasteiger partial charge on any atom is -0.393 e. The number of aliphatic hydroxyl groups excluding tert-OH is 1. The monoisotopic (exact) mass is 259 g/mol. The molecule has 0 aliphatic carbocycles. The summed E-state index contributed by atoms with van der Waals surface area (Å²) >= 11 is 0. The normalized spacial score (nSPS) is 35.6. The molecule has 0 radical (unpaired) electrons. The van der Waals surface area contributed by atoms with Crippen LogP contribution in [0.5, 0.6) is 0 Å². The van der Waals surface area contributed by atoms with Gasteiger partial charge in [0.15, 0.2) is 0 Å². The first-order chi connectivity index (χ1) is 8.61. The lowest BCUT2D eigenvalue weighted by Crippen LogP contribution is -2.60. The molecule has 2 saturated heterocycles. The molecule has 2 N–H and O–H groups in total. The minimum absolute atomic E-state index is 0.192. The number of rotatable bonds is 3. The molecule has 2 fully saturated rings.